The van der Waals surface area contributed by atoms with Crippen LogP contribution in [0.3, 0.4) is 0 Å². The molecule has 1 atom stereocenters. The van der Waals surface area contributed by atoms with E-state index < -0.39 is 0 Å². The van der Waals surface area contributed by atoms with Crippen LogP contribution in [0.4, 0.5) is 0 Å². The molecule has 2 nitrogen and oxygen atoms in total. The van der Waals surface area contributed by atoms with Crippen LogP contribution in [-0.2, 0) is 12.8 Å². The van der Waals surface area contributed by atoms with E-state index in [1.54, 1.807) is 0 Å². The van der Waals surface area contributed by atoms with E-state index in [9.17, 15) is 0 Å². The largest absolute Gasteiger partial charge is 0.323 e. The van der Waals surface area contributed by atoms with Gasteiger partial charge in [-0.05, 0) is 55.2 Å². The molecule has 0 saturated heterocycles. The van der Waals surface area contributed by atoms with Crippen LogP contribution in [-0.4, -0.2) is 5.54 Å². The summed E-state index contributed by atoms with van der Waals surface area (Å²) in [6.07, 6.45) is 7.25. The van der Waals surface area contributed by atoms with E-state index in [-0.39, 0.29) is 11.6 Å². The Labute approximate surface area is 97.0 Å². The summed E-state index contributed by atoms with van der Waals surface area (Å²) in [6.45, 7) is 0. The third-order valence-electron chi connectivity index (χ3n) is 4.18. The quantitative estimate of drug-likeness (QED) is 0.795. The van der Waals surface area contributed by atoms with Crippen molar-refractivity contribution < 1.29 is 0 Å². The Morgan fingerprint density at radius 2 is 1.75 bits per heavy atom. The van der Waals surface area contributed by atoms with Gasteiger partial charge in [-0.1, -0.05) is 18.2 Å². The molecule has 1 fully saturated rings. The second kappa shape index (κ2) is 3.57. The lowest BCUT2D eigenvalue weighted by molar-refractivity contribution is 0.534. The lowest BCUT2D eigenvalue weighted by Crippen LogP contribution is -2.36. The average molecular weight is 216 g/mol. The SMILES string of the molecule is NC(c1ccc2c(c1)CCCC2)C1(N)CC1. The van der Waals surface area contributed by atoms with Crippen molar-refractivity contribution in [3.8, 4) is 0 Å². The third kappa shape index (κ3) is 1.66. The summed E-state index contributed by atoms with van der Waals surface area (Å²) in [4.78, 5) is 0. The van der Waals surface area contributed by atoms with Crippen LogP contribution < -0.4 is 11.5 Å². The van der Waals surface area contributed by atoms with Crippen molar-refractivity contribution in [1.82, 2.24) is 0 Å². The highest BCUT2D eigenvalue weighted by molar-refractivity contribution is 5.37. The Kier molecular flexibility index (Phi) is 2.30. The first-order valence-electron chi connectivity index (χ1n) is 6.35. The summed E-state index contributed by atoms with van der Waals surface area (Å²) >= 11 is 0. The van der Waals surface area contributed by atoms with Crippen LogP contribution in [0.2, 0.25) is 0 Å². The summed E-state index contributed by atoms with van der Waals surface area (Å²) in [5.74, 6) is 0. The zero-order chi connectivity index (χ0) is 11.2. The van der Waals surface area contributed by atoms with E-state index in [1.807, 2.05) is 0 Å². The van der Waals surface area contributed by atoms with Gasteiger partial charge in [0.1, 0.15) is 0 Å². The van der Waals surface area contributed by atoms with Crippen molar-refractivity contribution in [3.63, 3.8) is 0 Å². The summed E-state index contributed by atoms with van der Waals surface area (Å²) in [5, 5.41) is 0. The van der Waals surface area contributed by atoms with E-state index in [4.69, 9.17) is 11.5 Å². The minimum atomic E-state index is -0.108. The van der Waals surface area contributed by atoms with Gasteiger partial charge in [0.25, 0.3) is 0 Å². The molecule has 0 spiro atoms. The topological polar surface area (TPSA) is 52.0 Å². The zero-order valence-electron chi connectivity index (χ0n) is 9.71. The minimum absolute atomic E-state index is 0.0275. The van der Waals surface area contributed by atoms with Crippen molar-refractivity contribution in [3.05, 3.63) is 34.9 Å². The highest BCUT2D eigenvalue weighted by Gasteiger charge is 2.44. The summed E-state index contributed by atoms with van der Waals surface area (Å²) in [6, 6.07) is 6.77. The van der Waals surface area contributed by atoms with Crippen LogP contribution in [0, 0.1) is 0 Å². The van der Waals surface area contributed by atoms with Crippen molar-refractivity contribution in [1.29, 1.82) is 0 Å². The average Bonchev–Trinajstić information content (AvgIpc) is 3.07. The lowest BCUT2D eigenvalue weighted by atomic mass is 9.88. The predicted octanol–water partition coefficient (Wildman–Crippen LogP) is 2.06. The molecule has 0 bridgehead atoms. The molecule has 0 heterocycles. The molecule has 86 valence electrons. The van der Waals surface area contributed by atoms with Crippen molar-refractivity contribution in [2.75, 3.05) is 0 Å². The van der Waals surface area contributed by atoms with Gasteiger partial charge in [0.15, 0.2) is 0 Å². The molecular weight excluding hydrogens is 196 g/mol. The molecule has 0 aromatic heterocycles. The molecule has 0 radical (unpaired) electrons. The molecule has 1 unspecified atom stereocenters. The maximum Gasteiger partial charge on any atom is 0.0477 e. The standard InChI is InChI=1S/C14H20N2/c15-13(14(16)7-8-14)12-6-5-10-3-1-2-4-11(10)9-12/h5-6,9,13H,1-4,7-8,15-16H2. The minimum Gasteiger partial charge on any atom is -0.323 e. The number of nitrogens with two attached hydrogens (primary N) is 2. The normalized spacial score (nSPS) is 23.6. The fourth-order valence-corrected chi connectivity index (χ4v) is 2.73. The summed E-state index contributed by atoms with van der Waals surface area (Å²) in [5.41, 5.74) is 16.6. The van der Waals surface area contributed by atoms with Crippen LogP contribution in [0.15, 0.2) is 18.2 Å². The third-order valence-corrected chi connectivity index (χ3v) is 4.18. The fourth-order valence-electron chi connectivity index (χ4n) is 2.73. The van der Waals surface area contributed by atoms with Gasteiger partial charge < -0.3 is 11.5 Å². The maximum atomic E-state index is 6.24. The molecular formula is C14H20N2. The molecule has 1 aromatic rings. The number of fused-ring (bicyclic) bond motifs is 1. The summed E-state index contributed by atoms with van der Waals surface area (Å²) in [7, 11) is 0. The molecule has 2 aliphatic rings. The van der Waals surface area contributed by atoms with Gasteiger partial charge >= 0.3 is 0 Å². The monoisotopic (exact) mass is 216 g/mol. The Morgan fingerprint density at radius 1 is 1.06 bits per heavy atom. The van der Waals surface area contributed by atoms with Crippen LogP contribution in [0.25, 0.3) is 0 Å². The Balaban J connectivity index is 1.90. The van der Waals surface area contributed by atoms with E-state index in [0.29, 0.717) is 0 Å². The second-order valence-electron chi connectivity index (χ2n) is 5.45. The van der Waals surface area contributed by atoms with Gasteiger partial charge in [0.2, 0.25) is 0 Å². The first-order chi connectivity index (χ1) is 7.69. The number of hydrogen-bond acceptors (Lipinski definition) is 2. The predicted molar refractivity (Wildman–Crippen MR) is 66.2 cm³/mol. The van der Waals surface area contributed by atoms with E-state index in [1.165, 1.54) is 42.4 Å². The molecule has 2 heteroatoms. The lowest BCUT2D eigenvalue weighted by Gasteiger charge is -2.22. The number of aryl methyl sites for hydroxylation is 2. The fraction of sp³-hybridized carbons (Fsp3) is 0.571. The molecule has 1 aromatic carbocycles. The molecule has 3 rings (SSSR count). The molecule has 16 heavy (non-hydrogen) atoms. The Hall–Kier alpha value is -0.860. The summed E-state index contributed by atoms with van der Waals surface area (Å²) < 4.78 is 0. The van der Waals surface area contributed by atoms with E-state index >= 15 is 0 Å². The van der Waals surface area contributed by atoms with Crippen LogP contribution in [0.1, 0.15) is 48.4 Å². The smallest absolute Gasteiger partial charge is 0.0477 e. The van der Waals surface area contributed by atoms with Gasteiger partial charge in [-0.15, -0.1) is 0 Å². The van der Waals surface area contributed by atoms with Gasteiger partial charge in [-0.25, -0.2) is 0 Å². The van der Waals surface area contributed by atoms with Gasteiger partial charge in [-0.2, -0.15) is 0 Å². The molecule has 0 aliphatic heterocycles. The van der Waals surface area contributed by atoms with E-state index in [0.717, 1.165) is 12.8 Å². The molecule has 4 N–H and O–H groups in total. The molecule has 0 amide bonds. The molecule has 1 saturated carbocycles. The van der Waals surface area contributed by atoms with Crippen LogP contribution >= 0.6 is 0 Å². The zero-order valence-corrected chi connectivity index (χ0v) is 9.71. The number of benzene rings is 1. The van der Waals surface area contributed by atoms with Gasteiger partial charge in [0, 0.05) is 11.6 Å². The number of rotatable bonds is 2. The number of hydrogen-bond donors (Lipinski definition) is 2. The van der Waals surface area contributed by atoms with Crippen molar-refractivity contribution in [2.24, 2.45) is 11.5 Å². The second-order valence-corrected chi connectivity index (χ2v) is 5.45. The molecule has 2 aliphatic carbocycles. The Bertz CT molecular complexity index is 407. The van der Waals surface area contributed by atoms with Crippen LogP contribution in [0.5, 0.6) is 0 Å². The van der Waals surface area contributed by atoms with Gasteiger partial charge in [-0.3, -0.25) is 0 Å². The van der Waals surface area contributed by atoms with Crippen molar-refractivity contribution >= 4 is 0 Å². The highest BCUT2D eigenvalue weighted by Crippen LogP contribution is 2.42. The highest BCUT2D eigenvalue weighted by atomic mass is 14.9. The maximum absolute atomic E-state index is 6.24. The van der Waals surface area contributed by atoms with E-state index in [2.05, 4.69) is 18.2 Å². The first-order valence-corrected chi connectivity index (χ1v) is 6.35. The van der Waals surface area contributed by atoms with Gasteiger partial charge in [0.05, 0.1) is 0 Å². The first kappa shape index (κ1) is 10.3. The van der Waals surface area contributed by atoms with Crippen molar-refractivity contribution in [2.45, 2.75) is 50.1 Å². The Morgan fingerprint density at radius 3 is 2.44 bits per heavy atom.